The minimum atomic E-state index is -2.70. The summed E-state index contributed by atoms with van der Waals surface area (Å²) in [6.07, 6.45) is 2.00. The Labute approximate surface area is 67.9 Å². The highest BCUT2D eigenvalue weighted by Gasteiger charge is 2.56. The number of allylic oxidation sites excluding steroid dienone is 1. The van der Waals surface area contributed by atoms with Gasteiger partial charge in [-0.3, -0.25) is 4.79 Å². The molecule has 0 aromatic heterocycles. The van der Waals surface area contributed by atoms with Crippen molar-refractivity contribution < 1.29 is 18.7 Å². The van der Waals surface area contributed by atoms with Gasteiger partial charge in [-0.25, -0.2) is 8.78 Å². The smallest absolute Gasteiger partial charge is 0.313 e. The van der Waals surface area contributed by atoms with Crippen LogP contribution in [0.2, 0.25) is 0 Å². The summed E-state index contributed by atoms with van der Waals surface area (Å²) in [5, 5.41) is 8.66. The van der Waals surface area contributed by atoms with Crippen LogP contribution in [-0.4, -0.2) is 17.0 Å². The fourth-order valence-corrected chi connectivity index (χ4v) is 1.24. The van der Waals surface area contributed by atoms with Gasteiger partial charge in [-0.2, -0.15) is 0 Å². The van der Waals surface area contributed by atoms with E-state index in [4.69, 9.17) is 5.11 Å². The van der Waals surface area contributed by atoms with E-state index in [-0.39, 0.29) is 12.0 Å². The normalized spacial score (nSPS) is 31.7. The summed E-state index contributed by atoms with van der Waals surface area (Å²) in [6.45, 7) is 0. The highest BCUT2D eigenvalue weighted by Crippen LogP contribution is 2.55. The highest BCUT2D eigenvalue weighted by molar-refractivity contribution is 5.80. The van der Waals surface area contributed by atoms with E-state index in [0.29, 0.717) is 12.8 Å². The molecule has 0 aliphatic heterocycles. The van der Waals surface area contributed by atoms with Crippen molar-refractivity contribution in [3.63, 3.8) is 0 Å². The topological polar surface area (TPSA) is 37.3 Å². The number of hydrogen-bond donors (Lipinski definition) is 1. The Morgan fingerprint density at radius 2 is 2.00 bits per heavy atom. The van der Waals surface area contributed by atoms with Crippen LogP contribution in [0.3, 0.4) is 0 Å². The first kappa shape index (κ1) is 7.71. The third-order valence-electron chi connectivity index (χ3n) is 2.42. The van der Waals surface area contributed by atoms with Crippen molar-refractivity contribution in [3.8, 4) is 0 Å². The van der Waals surface area contributed by atoms with Crippen LogP contribution in [0, 0.1) is 5.41 Å². The van der Waals surface area contributed by atoms with Crippen molar-refractivity contribution in [3.05, 3.63) is 11.6 Å². The van der Waals surface area contributed by atoms with E-state index in [9.17, 15) is 13.6 Å². The lowest BCUT2D eigenvalue weighted by Gasteiger charge is -1.99. The monoisotopic (exact) mass is 174 g/mol. The third kappa shape index (κ3) is 1.02. The van der Waals surface area contributed by atoms with Crippen LogP contribution in [0.4, 0.5) is 8.78 Å². The maximum Gasteiger partial charge on any atom is 0.313 e. The fourth-order valence-electron chi connectivity index (χ4n) is 1.24. The molecular formula is C8H8F2O2. The van der Waals surface area contributed by atoms with E-state index in [2.05, 4.69) is 0 Å². The number of hydrogen-bond acceptors (Lipinski definition) is 1. The van der Waals surface area contributed by atoms with Gasteiger partial charge in [-0.15, -0.1) is 0 Å². The average molecular weight is 174 g/mol. The van der Waals surface area contributed by atoms with Gasteiger partial charge in [0, 0.05) is 12.0 Å². The van der Waals surface area contributed by atoms with E-state index in [0.717, 1.165) is 0 Å². The molecule has 2 fully saturated rings. The number of carboxylic acids is 1. The standard InChI is InChI=1S/C8H8F2O2/c9-8(10)4-5(8)3-7(1-2-7)6(11)12/h3H,1-2,4H2,(H,11,12). The molecule has 0 aromatic rings. The summed E-state index contributed by atoms with van der Waals surface area (Å²) in [5.41, 5.74) is -0.933. The summed E-state index contributed by atoms with van der Waals surface area (Å²) in [4.78, 5) is 10.6. The Balaban J connectivity index is 2.14. The SMILES string of the molecule is O=C(O)C1(C=C2CC2(F)F)CC1. The van der Waals surface area contributed by atoms with Crippen molar-refractivity contribution in [1.82, 2.24) is 0 Å². The van der Waals surface area contributed by atoms with E-state index in [1.165, 1.54) is 6.08 Å². The molecule has 0 atom stereocenters. The molecule has 2 rings (SSSR count). The maximum atomic E-state index is 12.4. The number of halogens is 2. The van der Waals surface area contributed by atoms with Crippen LogP contribution in [-0.2, 0) is 4.79 Å². The molecule has 1 N–H and O–H groups in total. The molecule has 0 radical (unpaired) electrons. The van der Waals surface area contributed by atoms with E-state index < -0.39 is 17.3 Å². The molecule has 12 heavy (non-hydrogen) atoms. The van der Waals surface area contributed by atoms with Gasteiger partial charge in [-0.05, 0) is 12.8 Å². The molecule has 0 amide bonds. The van der Waals surface area contributed by atoms with E-state index in [1.54, 1.807) is 0 Å². The Bertz CT molecular complexity index is 277. The zero-order chi connectivity index (χ0) is 8.98. The summed E-state index contributed by atoms with van der Waals surface area (Å²) >= 11 is 0. The van der Waals surface area contributed by atoms with Crippen molar-refractivity contribution in [2.75, 3.05) is 0 Å². The van der Waals surface area contributed by atoms with Gasteiger partial charge in [0.05, 0.1) is 5.41 Å². The number of rotatable bonds is 2. The molecule has 66 valence electrons. The quantitative estimate of drug-likeness (QED) is 0.648. The minimum Gasteiger partial charge on any atom is -0.481 e. The second-order valence-corrected chi connectivity index (χ2v) is 3.51. The van der Waals surface area contributed by atoms with Crippen molar-refractivity contribution in [2.24, 2.45) is 5.41 Å². The molecular weight excluding hydrogens is 166 g/mol. The molecule has 0 spiro atoms. The maximum absolute atomic E-state index is 12.4. The predicted octanol–water partition coefficient (Wildman–Crippen LogP) is 1.82. The van der Waals surface area contributed by atoms with Crippen LogP contribution >= 0.6 is 0 Å². The van der Waals surface area contributed by atoms with Gasteiger partial charge < -0.3 is 5.11 Å². The summed E-state index contributed by atoms with van der Waals surface area (Å²) in [7, 11) is 0. The number of alkyl halides is 2. The molecule has 0 aromatic carbocycles. The molecule has 0 heterocycles. The van der Waals surface area contributed by atoms with Crippen LogP contribution in [0.25, 0.3) is 0 Å². The van der Waals surface area contributed by atoms with Crippen molar-refractivity contribution in [2.45, 2.75) is 25.2 Å². The lowest BCUT2D eigenvalue weighted by atomic mass is 10.1. The Morgan fingerprint density at radius 3 is 2.25 bits per heavy atom. The molecule has 2 nitrogen and oxygen atoms in total. The zero-order valence-electron chi connectivity index (χ0n) is 6.31. The van der Waals surface area contributed by atoms with Crippen molar-refractivity contribution in [1.29, 1.82) is 0 Å². The predicted molar refractivity (Wildman–Crippen MR) is 36.9 cm³/mol. The largest absolute Gasteiger partial charge is 0.481 e. The molecule has 2 aliphatic carbocycles. The number of carbonyl (C=O) groups is 1. The highest BCUT2D eigenvalue weighted by atomic mass is 19.3. The van der Waals surface area contributed by atoms with Gasteiger partial charge in [0.15, 0.2) is 0 Å². The molecule has 4 heteroatoms. The van der Waals surface area contributed by atoms with Crippen LogP contribution < -0.4 is 0 Å². The molecule has 2 saturated carbocycles. The van der Waals surface area contributed by atoms with Crippen LogP contribution in [0.1, 0.15) is 19.3 Å². The van der Waals surface area contributed by atoms with E-state index >= 15 is 0 Å². The van der Waals surface area contributed by atoms with E-state index in [1.807, 2.05) is 0 Å². The average Bonchev–Trinajstić information content (AvgIpc) is 2.76. The van der Waals surface area contributed by atoms with Gasteiger partial charge in [-0.1, -0.05) is 6.08 Å². The third-order valence-corrected chi connectivity index (χ3v) is 2.42. The summed E-state index contributed by atoms with van der Waals surface area (Å²) in [5.74, 6) is -3.68. The fraction of sp³-hybridized carbons (Fsp3) is 0.625. The molecule has 0 saturated heterocycles. The van der Waals surface area contributed by atoms with Gasteiger partial charge in [0.25, 0.3) is 5.92 Å². The van der Waals surface area contributed by atoms with Gasteiger partial charge in [0.1, 0.15) is 0 Å². The number of aliphatic carboxylic acids is 1. The Hall–Kier alpha value is -0.930. The first-order valence-electron chi connectivity index (χ1n) is 3.80. The number of carboxylic acid groups (broad SMARTS) is 1. The van der Waals surface area contributed by atoms with Gasteiger partial charge >= 0.3 is 5.97 Å². The molecule has 2 aliphatic rings. The van der Waals surface area contributed by atoms with Crippen molar-refractivity contribution >= 4 is 5.97 Å². The van der Waals surface area contributed by atoms with Crippen LogP contribution in [0.5, 0.6) is 0 Å². The van der Waals surface area contributed by atoms with Crippen LogP contribution in [0.15, 0.2) is 11.6 Å². The Kier molecular flexibility index (Phi) is 1.20. The molecule has 0 bridgehead atoms. The summed E-state index contributed by atoms with van der Waals surface area (Å²) in [6, 6.07) is 0. The minimum absolute atomic E-state index is 0.00222. The van der Waals surface area contributed by atoms with Gasteiger partial charge in [0.2, 0.25) is 0 Å². The lowest BCUT2D eigenvalue weighted by Crippen LogP contribution is -2.11. The lowest BCUT2D eigenvalue weighted by molar-refractivity contribution is -0.141. The first-order valence-corrected chi connectivity index (χ1v) is 3.80. The molecule has 0 unspecified atom stereocenters. The Morgan fingerprint density at radius 1 is 1.50 bits per heavy atom. The second-order valence-electron chi connectivity index (χ2n) is 3.51. The summed E-state index contributed by atoms with van der Waals surface area (Å²) < 4.78 is 24.7. The first-order chi connectivity index (χ1) is 5.46. The zero-order valence-corrected chi connectivity index (χ0v) is 6.31. The second kappa shape index (κ2) is 1.87.